The third-order valence-corrected chi connectivity index (χ3v) is 3.51. The molecule has 0 bridgehead atoms. The lowest BCUT2D eigenvalue weighted by Crippen LogP contribution is -2.33. The minimum Gasteiger partial charge on any atom is -0.343 e. The Labute approximate surface area is 117 Å². The van der Waals surface area contributed by atoms with Gasteiger partial charge < -0.3 is 9.80 Å². The zero-order valence-electron chi connectivity index (χ0n) is 11.7. The molecular weight excluding hydrogens is 261 g/mol. The number of nitrogens with zero attached hydrogens (tertiary/aromatic N) is 3. The van der Waals surface area contributed by atoms with Crippen molar-refractivity contribution in [3.63, 3.8) is 0 Å². The van der Waals surface area contributed by atoms with Gasteiger partial charge in [-0.1, -0.05) is 0 Å². The van der Waals surface area contributed by atoms with E-state index < -0.39 is 5.82 Å². The van der Waals surface area contributed by atoms with Crippen molar-refractivity contribution in [3.05, 3.63) is 29.8 Å². The average Bonchev–Trinajstić information content (AvgIpc) is 2.77. The molecule has 1 saturated heterocycles. The number of halogens is 1. The number of hydrogen-bond acceptors (Lipinski definition) is 3. The van der Waals surface area contributed by atoms with E-state index in [1.165, 1.54) is 17.2 Å². The smallest absolute Gasteiger partial charge is 0.255 e. The summed E-state index contributed by atoms with van der Waals surface area (Å²) in [6.07, 6.45) is 2.87. The SMILES string of the molecule is CCN1C[C@@H](CN(C)C(=O)c2cncc(F)c2)CC1=O. The molecule has 0 aliphatic carbocycles. The Kier molecular flexibility index (Phi) is 4.32. The monoisotopic (exact) mass is 279 g/mol. The lowest BCUT2D eigenvalue weighted by Gasteiger charge is -2.21. The second-order valence-electron chi connectivity index (χ2n) is 5.08. The second kappa shape index (κ2) is 5.98. The van der Waals surface area contributed by atoms with Crippen LogP contribution in [0.25, 0.3) is 0 Å². The van der Waals surface area contributed by atoms with Gasteiger partial charge in [0.05, 0.1) is 11.8 Å². The van der Waals surface area contributed by atoms with Crippen LogP contribution in [0.3, 0.4) is 0 Å². The highest BCUT2D eigenvalue weighted by molar-refractivity contribution is 5.93. The van der Waals surface area contributed by atoms with Gasteiger partial charge in [-0.2, -0.15) is 0 Å². The van der Waals surface area contributed by atoms with E-state index in [9.17, 15) is 14.0 Å². The Hall–Kier alpha value is -1.98. The third kappa shape index (κ3) is 3.12. The average molecular weight is 279 g/mol. The molecule has 5 nitrogen and oxygen atoms in total. The normalized spacial score (nSPS) is 18.4. The number of amides is 2. The van der Waals surface area contributed by atoms with Crippen LogP contribution in [0.5, 0.6) is 0 Å². The Bertz CT molecular complexity index is 521. The highest BCUT2D eigenvalue weighted by Gasteiger charge is 2.30. The van der Waals surface area contributed by atoms with E-state index in [2.05, 4.69) is 4.98 Å². The molecule has 20 heavy (non-hydrogen) atoms. The number of pyridine rings is 1. The van der Waals surface area contributed by atoms with E-state index in [-0.39, 0.29) is 23.3 Å². The van der Waals surface area contributed by atoms with Gasteiger partial charge in [0.1, 0.15) is 5.82 Å². The quantitative estimate of drug-likeness (QED) is 0.831. The van der Waals surface area contributed by atoms with Gasteiger partial charge in [0.2, 0.25) is 5.91 Å². The van der Waals surface area contributed by atoms with Gasteiger partial charge >= 0.3 is 0 Å². The third-order valence-electron chi connectivity index (χ3n) is 3.51. The predicted molar refractivity (Wildman–Crippen MR) is 71.5 cm³/mol. The zero-order valence-corrected chi connectivity index (χ0v) is 11.7. The maximum Gasteiger partial charge on any atom is 0.255 e. The standard InChI is InChI=1S/C14H18FN3O2/c1-3-18-9-10(4-13(18)19)8-17(2)14(20)11-5-12(15)7-16-6-11/h5-7,10H,3-4,8-9H2,1-2H3/t10-/m1/s1. The van der Waals surface area contributed by atoms with Crippen molar-refractivity contribution < 1.29 is 14.0 Å². The van der Waals surface area contributed by atoms with Gasteiger partial charge in [-0.15, -0.1) is 0 Å². The van der Waals surface area contributed by atoms with Crippen molar-refractivity contribution in [2.24, 2.45) is 5.92 Å². The maximum atomic E-state index is 13.1. The molecule has 0 unspecified atom stereocenters. The fourth-order valence-electron chi connectivity index (χ4n) is 2.50. The largest absolute Gasteiger partial charge is 0.343 e. The van der Waals surface area contributed by atoms with Crippen LogP contribution in [0.2, 0.25) is 0 Å². The van der Waals surface area contributed by atoms with Crippen LogP contribution in [0.15, 0.2) is 18.5 Å². The van der Waals surface area contributed by atoms with Crippen molar-refractivity contribution in [3.8, 4) is 0 Å². The van der Waals surface area contributed by atoms with E-state index >= 15 is 0 Å². The maximum absolute atomic E-state index is 13.1. The summed E-state index contributed by atoms with van der Waals surface area (Å²) in [6, 6.07) is 1.17. The Balaban J connectivity index is 1.97. The first-order valence-corrected chi connectivity index (χ1v) is 6.65. The molecule has 2 amide bonds. The van der Waals surface area contributed by atoms with Crippen LogP contribution in [-0.2, 0) is 4.79 Å². The summed E-state index contributed by atoms with van der Waals surface area (Å²) in [5.41, 5.74) is 0.226. The zero-order chi connectivity index (χ0) is 14.7. The number of likely N-dealkylation sites (tertiary alicyclic amines) is 1. The summed E-state index contributed by atoms with van der Waals surface area (Å²) in [4.78, 5) is 30.8. The van der Waals surface area contributed by atoms with Crippen molar-refractivity contribution in [1.29, 1.82) is 0 Å². The van der Waals surface area contributed by atoms with Crippen molar-refractivity contribution >= 4 is 11.8 Å². The van der Waals surface area contributed by atoms with Crippen LogP contribution >= 0.6 is 0 Å². The highest BCUT2D eigenvalue weighted by Crippen LogP contribution is 2.18. The molecule has 1 aliphatic rings. The van der Waals surface area contributed by atoms with Crippen LogP contribution in [0.1, 0.15) is 23.7 Å². The van der Waals surface area contributed by atoms with Crippen LogP contribution in [0.4, 0.5) is 4.39 Å². The fourth-order valence-corrected chi connectivity index (χ4v) is 2.50. The first kappa shape index (κ1) is 14.4. The molecule has 1 aliphatic heterocycles. The van der Waals surface area contributed by atoms with Crippen molar-refractivity contribution in [2.45, 2.75) is 13.3 Å². The molecule has 108 valence electrons. The molecule has 0 spiro atoms. The molecule has 0 saturated carbocycles. The molecule has 1 atom stereocenters. The predicted octanol–water partition coefficient (Wildman–Crippen LogP) is 1.16. The second-order valence-corrected chi connectivity index (χ2v) is 5.08. The number of carbonyl (C=O) groups is 2. The number of rotatable bonds is 4. The molecule has 1 fully saturated rings. The summed E-state index contributed by atoms with van der Waals surface area (Å²) in [7, 11) is 1.66. The van der Waals surface area contributed by atoms with Gasteiger partial charge in [0.25, 0.3) is 5.91 Å². The number of aromatic nitrogens is 1. The molecule has 0 N–H and O–H groups in total. The Morgan fingerprint density at radius 1 is 1.55 bits per heavy atom. The van der Waals surface area contributed by atoms with E-state index in [4.69, 9.17) is 0 Å². The van der Waals surface area contributed by atoms with Crippen molar-refractivity contribution in [1.82, 2.24) is 14.8 Å². The molecule has 6 heteroatoms. The molecule has 2 rings (SSSR count). The summed E-state index contributed by atoms with van der Waals surface area (Å²) in [5, 5.41) is 0. The molecule has 1 aromatic heterocycles. The van der Waals surface area contributed by atoms with E-state index in [1.54, 1.807) is 11.9 Å². The molecule has 2 heterocycles. The number of hydrogen-bond donors (Lipinski definition) is 0. The highest BCUT2D eigenvalue weighted by atomic mass is 19.1. The number of carbonyl (C=O) groups excluding carboxylic acids is 2. The molecular formula is C14H18FN3O2. The lowest BCUT2D eigenvalue weighted by molar-refractivity contribution is -0.127. The fraction of sp³-hybridized carbons (Fsp3) is 0.500. The van der Waals surface area contributed by atoms with Crippen LogP contribution in [0, 0.1) is 11.7 Å². The van der Waals surface area contributed by atoms with Gasteiger partial charge in [-0.25, -0.2) is 4.39 Å². The molecule has 0 radical (unpaired) electrons. The first-order valence-electron chi connectivity index (χ1n) is 6.65. The van der Waals surface area contributed by atoms with E-state index in [0.717, 1.165) is 6.20 Å². The minimum absolute atomic E-state index is 0.130. The first-order chi connectivity index (χ1) is 9.51. The molecule has 0 aromatic carbocycles. The summed E-state index contributed by atoms with van der Waals surface area (Å²) >= 11 is 0. The summed E-state index contributed by atoms with van der Waals surface area (Å²) in [6.45, 7) is 3.79. The Morgan fingerprint density at radius 2 is 2.30 bits per heavy atom. The molecule has 1 aromatic rings. The summed E-state index contributed by atoms with van der Waals surface area (Å²) in [5.74, 6) is -0.541. The van der Waals surface area contributed by atoms with E-state index in [1.807, 2.05) is 6.92 Å². The van der Waals surface area contributed by atoms with E-state index in [0.29, 0.717) is 26.1 Å². The van der Waals surface area contributed by atoms with Gasteiger partial charge in [-0.3, -0.25) is 14.6 Å². The van der Waals surface area contributed by atoms with Gasteiger partial charge in [0, 0.05) is 45.2 Å². The van der Waals surface area contributed by atoms with Gasteiger partial charge in [0.15, 0.2) is 0 Å². The van der Waals surface area contributed by atoms with Crippen molar-refractivity contribution in [2.75, 3.05) is 26.7 Å². The van der Waals surface area contributed by atoms with Crippen LogP contribution in [-0.4, -0.2) is 53.3 Å². The topological polar surface area (TPSA) is 53.5 Å². The summed E-state index contributed by atoms with van der Waals surface area (Å²) < 4.78 is 13.1. The van der Waals surface area contributed by atoms with Gasteiger partial charge in [-0.05, 0) is 13.0 Å². The van der Waals surface area contributed by atoms with Crippen LogP contribution < -0.4 is 0 Å². The lowest BCUT2D eigenvalue weighted by atomic mass is 10.1. The Morgan fingerprint density at radius 3 is 2.90 bits per heavy atom. The minimum atomic E-state index is -0.530.